The summed E-state index contributed by atoms with van der Waals surface area (Å²) in [6.07, 6.45) is 3.50. The summed E-state index contributed by atoms with van der Waals surface area (Å²) in [5.41, 5.74) is 2.31. The van der Waals surface area contributed by atoms with E-state index in [-0.39, 0.29) is 12.0 Å². The number of ether oxygens (including phenoxy) is 1. The first-order chi connectivity index (χ1) is 14.5. The minimum absolute atomic E-state index is 0.304. The first-order valence-corrected chi connectivity index (χ1v) is 12.4. The van der Waals surface area contributed by atoms with Crippen LogP contribution in [0, 0.1) is 5.82 Å². The Balaban J connectivity index is 0.00000106. The van der Waals surface area contributed by atoms with Crippen molar-refractivity contribution in [2.75, 3.05) is 0 Å². The number of aromatic nitrogens is 2. The van der Waals surface area contributed by atoms with Crippen molar-refractivity contribution in [2.45, 2.75) is 39.8 Å². The summed E-state index contributed by atoms with van der Waals surface area (Å²) in [5, 5.41) is 2.12. The zero-order chi connectivity index (χ0) is 21.4. The minimum Gasteiger partial charge on any atom is -0.464 e. The minimum atomic E-state index is -0.377. The third-order valence-electron chi connectivity index (χ3n) is 4.83. The van der Waals surface area contributed by atoms with Gasteiger partial charge in [-0.15, -0.1) is 11.3 Å². The summed E-state index contributed by atoms with van der Waals surface area (Å²) in [4.78, 5) is 5.57. The molecule has 5 rings (SSSR count). The molecule has 0 fully saturated rings. The average molecular weight is 552 g/mol. The van der Waals surface area contributed by atoms with Crippen molar-refractivity contribution in [3.8, 4) is 17.0 Å². The lowest BCUT2D eigenvalue weighted by Gasteiger charge is -2.29. The van der Waals surface area contributed by atoms with Gasteiger partial charge in [0.2, 0.25) is 6.23 Å². The van der Waals surface area contributed by atoms with E-state index in [2.05, 4.69) is 48.3 Å². The number of fused-ring (bicyclic) bond motifs is 5. The highest BCUT2D eigenvalue weighted by molar-refractivity contribution is 9.10. The predicted molar refractivity (Wildman–Crippen MR) is 129 cm³/mol. The lowest BCUT2D eigenvalue weighted by molar-refractivity contribution is 0.175. The van der Waals surface area contributed by atoms with Crippen molar-refractivity contribution in [3.63, 3.8) is 0 Å². The Morgan fingerprint density at radius 1 is 1.13 bits per heavy atom. The van der Waals surface area contributed by atoms with Crippen LogP contribution >= 0.6 is 43.2 Å². The Labute approximate surface area is 196 Å². The van der Waals surface area contributed by atoms with Gasteiger partial charge < -0.3 is 4.74 Å². The van der Waals surface area contributed by atoms with Gasteiger partial charge in [0.1, 0.15) is 11.6 Å². The van der Waals surface area contributed by atoms with Crippen molar-refractivity contribution < 1.29 is 9.13 Å². The summed E-state index contributed by atoms with van der Waals surface area (Å²) in [7, 11) is 0. The Morgan fingerprint density at radius 2 is 1.93 bits per heavy atom. The Hall–Kier alpha value is -1.70. The lowest BCUT2D eigenvalue weighted by Crippen LogP contribution is -2.22. The van der Waals surface area contributed by atoms with Gasteiger partial charge in [-0.25, -0.2) is 9.37 Å². The van der Waals surface area contributed by atoms with Crippen molar-refractivity contribution >= 4 is 54.1 Å². The molecule has 1 aliphatic heterocycles. The molecule has 0 bridgehead atoms. The molecule has 0 radical (unpaired) electrons. The van der Waals surface area contributed by atoms with Gasteiger partial charge in [0.05, 0.1) is 26.7 Å². The number of halogens is 3. The van der Waals surface area contributed by atoms with Gasteiger partial charge in [-0.3, -0.25) is 4.57 Å². The molecule has 0 amide bonds. The van der Waals surface area contributed by atoms with Crippen molar-refractivity contribution in [3.05, 3.63) is 67.2 Å². The van der Waals surface area contributed by atoms with E-state index in [0.29, 0.717) is 15.8 Å². The van der Waals surface area contributed by atoms with Crippen molar-refractivity contribution in [1.29, 1.82) is 0 Å². The smallest absolute Gasteiger partial charge is 0.213 e. The number of hydrogen-bond donors (Lipinski definition) is 0. The highest BCUT2D eigenvalue weighted by atomic mass is 79.9. The molecule has 1 atom stereocenters. The van der Waals surface area contributed by atoms with E-state index >= 15 is 0 Å². The van der Waals surface area contributed by atoms with Crippen molar-refractivity contribution in [2.24, 2.45) is 0 Å². The zero-order valence-electron chi connectivity index (χ0n) is 16.9. The summed E-state index contributed by atoms with van der Waals surface area (Å²) >= 11 is 8.57. The summed E-state index contributed by atoms with van der Waals surface area (Å²) in [5.74, 6) is 0.235. The maximum atomic E-state index is 14.9. The maximum Gasteiger partial charge on any atom is 0.213 e. The van der Waals surface area contributed by atoms with Crippen LogP contribution in [-0.2, 0) is 6.42 Å². The standard InChI is InChI=1S/C21H15Br2FN2OS.C2H6/c1-2-3-19-25-10-18(28-19)21-26-15-5-4-12(22)6-11(15)7-16(26)20-14(24)8-13(23)9-17(20)27-21;1-2/h4-10,21H,2-3H2,1H3;1-2H3. The monoisotopic (exact) mass is 550 g/mol. The van der Waals surface area contributed by atoms with Gasteiger partial charge >= 0.3 is 0 Å². The van der Waals surface area contributed by atoms with E-state index in [4.69, 9.17) is 4.74 Å². The topological polar surface area (TPSA) is 27.1 Å². The van der Waals surface area contributed by atoms with E-state index in [1.165, 1.54) is 6.07 Å². The highest BCUT2D eigenvalue weighted by Crippen LogP contribution is 2.47. The quantitative estimate of drug-likeness (QED) is 0.256. The normalized spacial score (nSPS) is 14.5. The molecule has 3 heterocycles. The second-order valence-corrected chi connectivity index (χ2v) is 9.72. The van der Waals surface area contributed by atoms with Crippen LogP contribution in [0.1, 0.15) is 43.3 Å². The molecule has 0 saturated carbocycles. The number of rotatable bonds is 3. The van der Waals surface area contributed by atoms with Gasteiger partial charge in [0.15, 0.2) is 0 Å². The summed E-state index contributed by atoms with van der Waals surface area (Å²) < 4.78 is 25.0. The number of aryl methyl sites for hydroxylation is 1. The summed E-state index contributed by atoms with van der Waals surface area (Å²) in [6.45, 7) is 6.14. The molecule has 3 nitrogen and oxygen atoms in total. The molecule has 0 N–H and O–H groups in total. The highest BCUT2D eigenvalue weighted by Gasteiger charge is 2.32. The molecular weight excluding hydrogens is 531 g/mol. The number of nitrogens with zero attached hydrogens (tertiary/aromatic N) is 2. The molecule has 2 aromatic carbocycles. The first kappa shape index (κ1) is 21.5. The Bertz CT molecular complexity index is 1220. The van der Waals surface area contributed by atoms with E-state index in [9.17, 15) is 4.39 Å². The second kappa shape index (κ2) is 8.81. The predicted octanol–water partition coefficient (Wildman–Crippen LogP) is 8.35. The van der Waals surface area contributed by atoms with E-state index in [1.807, 2.05) is 50.4 Å². The fourth-order valence-electron chi connectivity index (χ4n) is 3.67. The van der Waals surface area contributed by atoms with Crippen LogP contribution in [0.2, 0.25) is 0 Å². The zero-order valence-corrected chi connectivity index (χ0v) is 20.9. The number of hydrogen-bond acceptors (Lipinski definition) is 3. The van der Waals surface area contributed by atoms with Crippen LogP contribution in [0.5, 0.6) is 5.75 Å². The number of thiazole rings is 1. The molecule has 4 aromatic rings. The molecule has 0 saturated heterocycles. The van der Waals surface area contributed by atoms with Crippen LogP contribution in [0.3, 0.4) is 0 Å². The van der Waals surface area contributed by atoms with Gasteiger partial charge in [0, 0.05) is 20.5 Å². The Morgan fingerprint density at radius 3 is 2.70 bits per heavy atom. The molecule has 2 aromatic heterocycles. The van der Waals surface area contributed by atoms with E-state index < -0.39 is 0 Å². The largest absolute Gasteiger partial charge is 0.464 e. The summed E-state index contributed by atoms with van der Waals surface area (Å²) in [6, 6.07) is 11.4. The SMILES string of the molecule is CC.CCCc1ncc(C2Oc3cc(Br)cc(F)c3-c3cc4cc(Br)ccc4n32)s1. The molecule has 1 unspecified atom stereocenters. The second-order valence-electron chi connectivity index (χ2n) is 6.74. The molecule has 156 valence electrons. The Kier molecular flexibility index (Phi) is 6.32. The molecule has 7 heteroatoms. The maximum absolute atomic E-state index is 14.9. The van der Waals surface area contributed by atoms with E-state index in [0.717, 1.165) is 43.8 Å². The molecule has 1 aliphatic rings. The van der Waals surface area contributed by atoms with Crippen LogP contribution in [0.4, 0.5) is 4.39 Å². The van der Waals surface area contributed by atoms with Gasteiger partial charge in [-0.2, -0.15) is 0 Å². The van der Waals surface area contributed by atoms with Crippen LogP contribution in [0.15, 0.2) is 51.5 Å². The van der Waals surface area contributed by atoms with Gasteiger partial charge in [-0.1, -0.05) is 52.6 Å². The molecule has 30 heavy (non-hydrogen) atoms. The van der Waals surface area contributed by atoms with Gasteiger partial charge in [-0.05, 0) is 49.2 Å². The molecule has 0 spiro atoms. The van der Waals surface area contributed by atoms with Gasteiger partial charge in [0.25, 0.3) is 0 Å². The third-order valence-corrected chi connectivity index (χ3v) is 6.87. The van der Waals surface area contributed by atoms with Crippen LogP contribution in [-0.4, -0.2) is 9.55 Å². The fraction of sp³-hybridized carbons (Fsp3) is 0.261. The number of benzene rings is 2. The van der Waals surface area contributed by atoms with Crippen LogP contribution in [0.25, 0.3) is 22.2 Å². The van der Waals surface area contributed by atoms with Crippen LogP contribution < -0.4 is 4.74 Å². The average Bonchev–Trinajstić information content (AvgIpc) is 3.33. The molecule has 0 aliphatic carbocycles. The first-order valence-electron chi connectivity index (χ1n) is 9.96. The van der Waals surface area contributed by atoms with E-state index in [1.54, 1.807) is 11.3 Å². The fourth-order valence-corrected chi connectivity index (χ4v) is 5.50. The third kappa shape index (κ3) is 3.72. The lowest BCUT2D eigenvalue weighted by atomic mass is 10.1. The molecular formula is C23H21Br2FN2OS. The van der Waals surface area contributed by atoms with Crippen molar-refractivity contribution in [1.82, 2.24) is 9.55 Å².